The third-order valence-electron chi connectivity index (χ3n) is 4.55. The average Bonchev–Trinajstić information content (AvgIpc) is 2.99. The van der Waals surface area contributed by atoms with Gasteiger partial charge in [-0.25, -0.2) is 4.98 Å². The molecule has 0 spiro atoms. The van der Waals surface area contributed by atoms with Crippen LogP contribution in [0.15, 0.2) is 36.5 Å². The first-order valence-corrected chi connectivity index (χ1v) is 8.22. The molecule has 1 fully saturated rings. The van der Waals surface area contributed by atoms with E-state index in [4.69, 9.17) is 5.73 Å². The third kappa shape index (κ3) is 3.07. The van der Waals surface area contributed by atoms with E-state index >= 15 is 0 Å². The van der Waals surface area contributed by atoms with Crippen LogP contribution in [0.25, 0.3) is 0 Å². The zero-order valence-corrected chi connectivity index (χ0v) is 14.3. The number of nitrogens with two attached hydrogens (primary N) is 1. The Kier molecular flexibility index (Phi) is 4.54. The number of amides is 2. The van der Waals surface area contributed by atoms with E-state index in [1.165, 1.54) is 11.1 Å². The molecule has 132 valence electrons. The van der Waals surface area contributed by atoms with Crippen LogP contribution in [0.3, 0.4) is 0 Å². The number of nitrogens with zero attached hydrogens (tertiary/aromatic N) is 4. The number of rotatable bonds is 5. The van der Waals surface area contributed by atoms with Crippen molar-refractivity contribution in [3.05, 3.63) is 42.1 Å². The summed E-state index contributed by atoms with van der Waals surface area (Å²) in [5.41, 5.74) is 5.27. The second-order valence-electron chi connectivity index (χ2n) is 6.06. The van der Waals surface area contributed by atoms with E-state index < -0.39 is 11.3 Å². The fourth-order valence-corrected chi connectivity index (χ4v) is 2.94. The van der Waals surface area contributed by atoms with Gasteiger partial charge < -0.3 is 11.1 Å². The van der Waals surface area contributed by atoms with Crippen LogP contribution in [-0.2, 0) is 4.79 Å². The van der Waals surface area contributed by atoms with Gasteiger partial charge in [-0.05, 0) is 37.1 Å². The van der Waals surface area contributed by atoms with Crippen LogP contribution in [-0.4, -0.2) is 28.3 Å². The van der Waals surface area contributed by atoms with E-state index in [1.807, 2.05) is 6.92 Å². The highest BCUT2D eigenvalue weighted by molar-refractivity contribution is 6.01. The lowest BCUT2D eigenvalue weighted by molar-refractivity contribution is -0.123. The van der Waals surface area contributed by atoms with Gasteiger partial charge >= 0.3 is 0 Å². The summed E-state index contributed by atoms with van der Waals surface area (Å²) >= 11 is 0. The van der Waals surface area contributed by atoms with Gasteiger partial charge in [0.2, 0.25) is 17.8 Å². The van der Waals surface area contributed by atoms with Crippen molar-refractivity contribution in [1.82, 2.24) is 9.97 Å². The molecule has 2 amide bonds. The number of carbonyl (C=O) groups excluding carboxylic acids is 2. The van der Waals surface area contributed by atoms with Crippen molar-refractivity contribution in [2.24, 2.45) is 11.1 Å². The van der Waals surface area contributed by atoms with Crippen molar-refractivity contribution in [3.8, 4) is 6.07 Å². The maximum Gasteiger partial charge on any atom is 0.248 e. The normalized spacial score (nSPS) is 19.2. The Balaban J connectivity index is 1.84. The first-order valence-electron chi connectivity index (χ1n) is 8.22. The Labute approximate surface area is 150 Å². The van der Waals surface area contributed by atoms with Crippen molar-refractivity contribution in [2.75, 3.05) is 16.8 Å². The van der Waals surface area contributed by atoms with E-state index in [-0.39, 0.29) is 11.9 Å². The Morgan fingerprint density at radius 2 is 2.27 bits per heavy atom. The fourth-order valence-electron chi connectivity index (χ4n) is 2.94. The number of nitrogens with one attached hydrogen (secondary N) is 1. The number of aromatic nitrogens is 2. The molecule has 1 aromatic carbocycles. The maximum atomic E-state index is 12.7. The van der Waals surface area contributed by atoms with Gasteiger partial charge in [-0.1, -0.05) is 13.0 Å². The molecule has 1 aliphatic heterocycles. The minimum atomic E-state index is -0.978. The smallest absolute Gasteiger partial charge is 0.248 e. The fraction of sp³-hybridized carbons (Fsp3) is 0.278. The summed E-state index contributed by atoms with van der Waals surface area (Å²) in [6.45, 7) is 2.27. The van der Waals surface area contributed by atoms with Gasteiger partial charge in [0.05, 0.1) is 6.07 Å². The van der Waals surface area contributed by atoms with Gasteiger partial charge in [-0.2, -0.15) is 10.2 Å². The van der Waals surface area contributed by atoms with Crippen LogP contribution >= 0.6 is 0 Å². The summed E-state index contributed by atoms with van der Waals surface area (Å²) in [6.07, 6.45) is 2.48. The SMILES string of the molecule is CCC1(C#N)CCN(c2ccnc(Nc3cccc(C(N)=O)c3)n2)C1=O. The molecule has 0 aliphatic carbocycles. The van der Waals surface area contributed by atoms with E-state index in [1.54, 1.807) is 30.3 Å². The lowest BCUT2D eigenvalue weighted by Gasteiger charge is -2.19. The largest absolute Gasteiger partial charge is 0.366 e. The minimum Gasteiger partial charge on any atom is -0.366 e. The second kappa shape index (κ2) is 6.80. The van der Waals surface area contributed by atoms with Crippen LogP contribution in [0.4, 0.5) is 17.5 Å². The molecule has 2 aromatic rings. The van der Waals surface area contributed by atoms with Gasteiger partial charge in [-0.3, -0.25) is 14.5 Å². The highest BCUT2D eigenvalue weighted by Crippen LogP contribution is 2.36. The molecule has 1 atom stereocenters. The van der Waals surface area contributed by atoms with Crippen molar-refractivity contribution >= 4 is 29.3 Å². The van der Waals surface area contributed by atoms with Crippen LogP contribution in [0.2, 0.25) is 0 Å². The summed E-state index contributed by atoms with van der Waals surface area (Å²) in [7, 11) is 0. The molecule has 2 heterocycles. The standard InChI is InChI=1S/C18H18N6O2/c1-2-18(11-19)7-9-24(16(18)26)14-6-8-21-17(23-14)22-13-5-3-4-12(10-13)15(20)25/h3-6,8,10H,2,7,9H2,1H3,(H2,20,25)(H,21,22,23). The topological polar surface area (TPSA) is 125 Å². The zero-order valence-electron chi connectivity index (χ0n) is 14.3. The number of hydrogen-bond acceptors (Lipinski definition) is 6. The van der Waals surface area contributed by atoms with E-state index in [0.717, 1.165) is 0 Å². The summed E-state index contributed by atoms with van der Waals surface area (Å²) in [4.78, 5) is 34.0. The Bertz CT molecular complexity index is 907. The summed E-state index contributed by atoms with van der Waals surface area (Å²) < 4.78 is 0. The minimum absolute atomic E-state index is 0.233. The molecule has 0 bridgehead atoms. The van der Waals surface area contributed by atoms with Gasteiger partial charge in [0.15, 0.2) is 0 Å². The van der Waals surface area contributed by atoms with Gasteiger partial charge in [0, 0.05) is 24.0 Å². The van der Waals surface area contributed by atoms with Crippen LogP contribution in [0, 0.1) is 16.7 Å². The zero-order chi connectivity index (χ0) is 18.7. The molecule has 26 heavy (non-hydrogen) atoms. The number of primary amides is 1. The molecule has 1 saturated heterocycles. The monoisotopic (exact) mass is 350 g/mol. The van der Waals surface area contributed by atoms with Crippen LogP contribution in [0.5, 0.6) is 0 Å². The van der Waals surface area contributed by atoms with E-state index in [9.17, 15) is 14.9 Å². The molecular formula is C18H18N6O2. The van der Waals surface area contributed by atoms with Crippen molar-refractivity contribution in [2.45, 2.75) is 19.8 Å². The number of nitriles is 1. The number of hydrogen-bond donors (Lipinski definition) is 2. The number of anilines is 3. The van der Waals surface area contributed by atoms with Crippen molar-refractivity contribution < 1.29 is 9.59 Å². The lowest BCUT2D eigenvalue weighted by atomic mass is 9.85. The van der Waals surface area contributed by atoms with E-state index in [0.29, 0.717) is 36.5 Å². The van der Waals surface area contributed by atoms with E-state index in [2.05, 4.69) is 21.4 Å². The first-order chi connectivity index (χ1) is 12.5. The summed E-state index contributed by atoms with van der Waals surface area (Å²) in [5, 5.41) is 12.4. The van der Waals surface area contributed by atoms with Crippen molar-refractivity contribution in [1.29, 1.82) is 5.26 Å². The highest BCUT2D eigenvalue weighted by Gasteiger charge is 2.46. The second-order valence-corrected chi connectivity index (χ2v) is 6.06. The Hall–Kier alpha value is -3.47. The lowest BCUT2D eigenvalue weighted by Crippen LogP contribution is -2.33. The molecule has 1 aliphatic rings. The van der Waals surface area contributed by atoms with Gasteiger partial charge in [0.1, 0.15) is 11.2 Å². The quantitative estimate of drug-likeness (QED) is 0.849. The predicted molar refractivity (Wildman–Crippen MR) is 95.6 cm³/mol. The van der Waals surface area contributed by atoms with Crippen LogP contribution in [0.1, 0.15) is 30.1 Å². The third-order valence-corrected chi connectivity index (χ3v) is 4.55. The van der Waals surface area contributed by atoms with Gasteiger partial charge in [0.25, 0.3) is 0 Å². The molecule has 1 aromatic heterocycles. The molecule has 1 unspecified atom stereocenters. The Morgan fingerprint density at radius 1 is 1.46 bits per heavy atom. The summed E-state index contributed by atoms with van der Waals surface area (Å²) in [6, 6.07) is 10.4. The summed E-state index contributed by atoms with van der Waals surface area (Å²) in [5.74, 6) is -0.0479. The highest BCUT2D eigenvalue weighted by atomic mass is 16.2. The molecule has 0 radical (unpaired) electrons. The number of benzene rings is 1. The maximum absolute atomic E-state index is 12.7. The molecule has 3 N–H and O–H groups in total. The average molecular weight is 350 g/mol. The molecule has 8 heteroatoms. The molecular weight excluding hydrogens is 332 g/mol. The first kappa shape index (κ1) is 17.4. The predicted octanol–water partition coefficient (Wildman–Crippen LogP) is 1.98. The molecule has 0 saturated carbocycles. The van der Waals surface area contributed by atoms with Crippen LogP contribution < -0.4 is 16.0 Å². The number of carbonyl (C=O) groups is 2. The Morgan fingerprint density at radius 3 is 2.92 bits per heavy atom. The van der Waals surface area contributed by atoms with Crippen molar-refractivity contribution in [3.63, 3.8) is 0 Å². The molecule has 3 rings (SSSR count). The molecule has 8 nitrogen and oxygen atoms in total. The van der Waals surface area contributed by atoms with Gasteiger partial charge in [-0.15, -0.1) is 0 Å².